The number of hydroxylamine groups is 1. The van der Waals surface area contributed by atoms with E-state index in [4.69, 9.17) is 34.3 Å². The molecule has 2 fully saturated rings. The Balaban J connectivity index is 0.795. The van der Waals surface area contributed by atoms with Gasteiger partial charge in [0, 0.05) is 57.0 Å². The van der Waals surface area contributed by atoms with Crippen LogP contribution >= 0.6 is 0 Å². The summed E-state index contributed by atoms with van der Waals surface area (Å²) in [6.07, 6.45) is -5.30. The van der Waals surface area contributed by atoms with E-state index in [-0.39, 0.29) is 87.3 Å². The second kappa shape index (κ2) is 29.2. The van der Waals surface area contributed by atoms with Crippen LogP contribution in [0.5, 0.6) is 11.8 Å². The molecule has 0 spiro atoms. The van der Waals surface area contributed by atoms with Crippen LogP contribution in [-0.2, 0) is 72.8 Å². The number of nitrogens with one attached hydrogen (secondary N) is 4. The van der Waals surface area contributed by atoms with Crippen molar-refractivity contribution in [1.82, 2.24) is 60.2 Å². The summed E-state index contributed by atoms with van der Waals surface area (Å²) >= 11 is 0. The number of hydrogen-bond acceptors (Lipinski definition) is 21. The number of rotatable bonds is 26. The summed E-state index contributed by atoms with van der Waals surface area (Å²) in [5.41, 5.74) is 10.9. The van der Waals surface area contributed by atoms with Crippen molar-refractivity contribution in [3.8, 4) is 11.8 Å². The Morgan fingerprint density at radius 2 is 1.56 bits per heavy atom. The Labute approximate surface area is 489 Å². The molecule has 0 radical (unpaired) electrons. The third kappa shape index (κ3) is 17.3. The zero-order chi connectivity index (χ0) is 60.8. The van der Waals surface area contributed by atoms with Crippen molar-refractivity contribution < 1.29 is 72.9 Å². The molecule has 5 atom stereocenters. The van der Waals surface area contributed by atoms with Gasteiger partial charge in [0.25, 0.3) is 0 Å². The van der Waals surface area contributed by atoms with Crippen molar-refractivity contribution in [2.24, 2.45) is 0 Å². The highest BCUT2D eigenvalue weighted by atomic mass is 16.7. The number of ether oxygens (including phenoxy) is 5. The highest BCUT2D eigenvalue weighted by Crippen LogP contribution is 2.31. The third-order valence-corrected chi connectivity index (χ3v) is 14.5. The fourth-order valence-corrected chi connectivity index (χ4v) is 9.95. The number of aliphatic carboxylic acids is 1. The first-order chi connectivity index (χ1) is 40.7. The van der Waals surface area contributed by atoms with Gasteiger partial charge >= 0.3 is 29.9 Å². The molecule has 3 aliphatic heterocycles. The van der Waals surface area contributed by atoms with E-state index in [0.717, 1.165) is 62.3 Å². The molecular weight excluding hydrogens is 1110 g/mol. The Hall–Kier alpha value is -7.96. The Bertz CT molecular complexity index is 3160. The second-order valence-electron chi connectivity index (χ2n) is 22.2. The number of fused-ring (bicyclic) bond motifs is 2. The van der Waals surface area contributed by atoms with Gasteiger partial charge in [0.05, 0.1) is 26.3 Å². The first-order valence-electron chi connectivity index (χ1n) is 28.6. The number of unbranched alkanes of at least 4 members (excludes halogenated alkanes) is 3. The van der Waals surface area contributed by atoms with Crippen LogP contribution in [0.3, 0.4) is 0 Å². The molecule has 462 valence electrons. The number of nitrogens with two attached hydrogens (primary N) is 1. The quantitative estimate of drug-likeness (QED) is 0.0284. The van der Waals surface area contributed by atoms with Crippen molar-refractivity contribution in [2.75, 3.05) is 45.1 Å². The first-order valence-corrected chi connectivity index (χ1v) is 28.6. The minimum absolute atomic E-state index is 0.0131. The molecule has 3 aliphatic rings. The number of aliphatic hydroxyl groups excluding tert-OH is 3. The summed E-state index contributed by atoms with van der Waals surface area (Å²) in [5, 5.41) is 55.4. The number of carboxylic acid groups (broad SMARTS) is 1. The third-order valence-electron chi connectivity index (χ3n) is 14.5. The van der Waals surface area contributed by atoms with Crippen LogP contribution in [0.15, 0.2) is 47.3 Å². The van der Waals surface area contributed by atoms with Gasteiger partial charge in [-0.1, -0.05) is 50.1 Å². The molecule has 3 aromatic heterocycles. The lowest BCUT2D eigenvalue weighted by Gasteiger charge is -2.38. The number of imidazole rings is 1. The lowest BCUT2D eigenvalue weighted by atomic mass is 9.95. The van der Waals surface area contributed by atoms with Crippen molar-refractivity contribution in [1.29, 1.82) is 0 Å². The zero-order valence-electron chi connectivity index (χ0n) is 48.2. The van der Waals surface area contributed by atoms with Crippen molar-refractivity contribution in [3.63, 3.8) is 0 Å². The Kier molecular flexibility index (Phi) is 21.7. The number of nitrogens with zero attached hydrogens (tertiary/aromatic N) is 8. The van der Waals surface area contributed by atoms with E-state index in [9.17, 15) is 49.2 Å². The van der Waals surface area contributed by atoms with Gasteiger partial charge in [0.15, 0.2) is 23.4 Å². The number of hydrogen-bond donors (Lipinski definition) is 9. The van der Waals surface area contributed by atoms with Crippen LogP contribution < -0.4 is 37.0 Å². The molecule has 0 unspecified atom stereocenters. The van der Waals surface area contributed by atoms with Gasteiger partial charge < -0.3 is 70.0 Å². The predicted molar refractivity (Wildman–Crippen MR) is 301 cm³/mol. The van der Waals surface area contributed by atoms with Gasteiger partial charge in [-0.25, -0.2) is 19.2 Å². The van der Waals surface area contributed by atoms with Crippen molar-refractivity contribution in [2.45, 2.75) is 167 Å². The number of nitrogen functional groups attached to an aromatic ring is 1. The summed E-state index contributed by atoms with van der Waals surface area (Å²) in [6.45, 7) is 11.3. The number of aromatic amines is 1. The average molecular weight is 1190 g/mol. The van der Waals surface area contributed by atoms with Crippen LogP contribution in [0.25, 0.3) is 11.2 Å². The maximum Gasteiger partial charge on any atom is 0.431 e. The van der Waals surface area contributed by atoms with E-state index in [1.807, 2.05) is 12.1 Å². The molecule has 8 rings (SSSR count). The zero-order valence-corrected chi connectivity index (χ0v) is 48.2. The monoisotopic (exact) mass is 1190 g/mol. The van der Waals surface area contributed by atoms with Crippen LogP contribution in [0.1, 0.15) is 125 Å². The highest BCUT2D eigenvalue weighted by molar-refractivity contribution is 5.82. The number of aliphatic hydroxyl groups is 3. The number of carbonyl (C=O) groups excluding carboxylic acids is 4. The van der Waals surface area contributed by atoms with E-state index < -0.39 is 60.4 Å². The first kappa shape index (κ1) is 63.1. The molecule has 29 heteroatoms. The molecule has 0 bridgehead atoms. The van der Waals surface area contributed by atoms with E-state index in [1.165, 1.54) is 15.5 Å². The van der Waals surface area contributed by atoms with E-state index in [0.29, 0.717) is 67.1 Å². The Morgan fingerprint density at radius 1 is 0.835 bits per heavy atom. The fraction of sp³-hybridized carbons (Fsp3) is 0.571. The minimum Gasteiger partial charge on any atom is -0.479 e. The number of carbonyl (C=O) groups is 5. The summed E-state index contributed by atoms with van der Waals surface area (Å²) < 4.78 is 31.3. The number of benzene rings is 2. The van der Waals surface area contributed by atoms with Gasteiger partial charge in [-0.3, -0.25) is 28.8 Å². The lowest BCUT2D eigenvalue weighted by Crippen LogP contribution is -2.61. The largest absolute Gasteiger partial charge is 0.479 e. The van der Waals surface area contributed by atoms with E-state index in [1.54, 1.807) is 32.9 Å². The molecule has 29 nitrogen and oxygen atoms in total. The minimum atomic E-state index is -1.95. The number of aromatic nitrogens is 7. The predicted octanol–water partition coefficient (Wildman–Crippen LogP) is 2.46. The molecule has 5 aromatic rings. The van der Waals surface area contributed by atoms with Gasteiger partial charge in [-0.05, 0) is 94.8 Å². The topological polar surface area (TPSA) is 385 Å². The molecule has 2 aromatic carbocycles. The van der Waals surface area contributed by atoms with Gasteiger partial charge in [0.1, 0.15) is 47.6 Å². The normalized spacial score (nSPS) is 19.2. The van der Waals surface area contributed by atoms with Gasteiger partial charge in [0.2, 0.25) is 18.1 Å². The standard InChI is InChI=1S/C56H77N13O16/c1-5-6-25-80-52-61-47(57)42-49(62-52)69(53(77)60-42)30-34-13-11-33(12-14-34)29-66-21-18-36(19-22-66)48-64-63-39-31-67(23-24-68(39)48)55(79)81-32-35-15-16-38(83-51-45(74)43(72)44(73)46(84-51)50(75)76)37(27-35)28-59-41(71)17-20-58-40(70)10-8-7-9-26-82-65-54(78)85-56(2,3)4/h11-16,27,36,43-46,51,72-74H,5-10,17-26,28-32H2,1-4H3,(H,58,70)(H,59,71)(H,60,77)(H,65,78)(H,75,76)(H2,57,61,62)/t43-,44-,45+,46-,51+/m0/s1. The van der Waals surface area contributed by atoms with Crippen LogP contribution in [0.4, 0.5) is 15.4 Å². The number of likely N-dealkylation sites (tertiary alicyclic amines) is 1. The number of H-pyrrole nitrogens is 1. The molecule has 10 N–H and O–H groups in total. The summed E-state index contributed by atoms with van der Waals surface area (Å²) in [7, 11) is 0. The summed E-state index contributed by atoms with van der Waals surface area (Å²) in [6, 6.07) is 12.9. The molecule has 4 amide bonds. The Morgan fingerprint density at radius 3 is 2.29 bits per heavy atom. The lowest BCUT2D eigenvalue weighted by molar-refractivity contribution is -0.271. The average Bonchev–Trinajstić information content (AvgIpc) is 4.09. The highest BCUT2D eigenvalue weighted by Gasteiger charge is 2.48. The molecule has 0 saturated carbocycles. The SMILES string of the molecule is CCCCOc1nc(N)c2[nH]c(=O)n(Cc3ccc(CN4CCC(c5nnc6n5CCN(C(=O)OCc5ccc(O[C@@H]7O[C@H](C(=O)O)[C@@H](O)[C@H](O)[C@H]7O)c(CNC(=O)CCNC(=O)CCCCCONC(=O)OC(C)(C)C)c5)C6)CC4)cc3)c2n1. The van der Waals surface area contributed by atoms with E-state index in [2.05, 4.69) is 69.8 Å². The summed E-state index contributed by atoms with van der Waals surface area (Å²) in [5.74, 6) is -0.450. The number of carboxylic acids is 1. The molecule has 6 heterocycles. The molecule has 85 heavy (non-hydrogen) atoms. The van der Waals surface area contributed by atoms with E-state index >= 15 is 0 Å². The fourth-order valence-electron chi connectivity index (χ4n) is 9.95. The number of piperidine rings is 1. The van der Waals surface area contributed by atoms with Gasteiger partial charge in [-0.15, -0.1) is 10.2 Å². The molecule has 0 aliphatic carbocycles. The molecule has 2 saturated heterocycles. The van der Waals surface area contributed by atoms with Crippen LogP contribution in [-0.4, -0.2) is 170 Å². The van der Waals surface area contributed by atoms with Crippen LogP contribution in [0.2, 0.25) is 0 Å². The smallest absolute Gasteiger partial charge is 0.431 e. The maximum absolute atomic E-state index is 13.6. The summed E-state index contributed by atoms with van der Waals surface area (Å²) in [4.78, 5) is 96.0. The number of anilines is 1. The van der Waals surface area contributed by atoms with Gasteiger partial charge in [-0.2, -0.15) is 15.4 Å². The van der Waals surface area contributed by atoms with Crippen molar-refractivity contribution in [3.05, 3.63) is 86.9 Å². The van der Waals surface area contributed by atoms with Crippen LogP contribution in [0, 0.1) is 0 Å². The maximum atomic E-state index is 13.6. The molecular formula is C56H77N13O16. The second-order valence-corrected chi connectivity index (χ2v) is 22.2. The van der Waals surface area contributed by atoms with Crippen molar-refractivity contribution >= 4 is 47.0 Å². The number of amides is 4.